The van der Waals surface area contributed by atoms with Crippen molar-refractivity contribution >= 4 is 23.2 Å². The van der Waals surface area contributed by atoms with Crippen LogP contribution in [0.1, 0.15) is 25.7 Å². The van der Waals surface area contributed by atoms with E-state index in [2.05, 4.69) is 5.32 Å². The van der Waals surface area contributed by atoms with Crippen molar-refractivity contribution in [2.24, 2.45) is 0 Å². The lowest BCUT2D eigenvalue weighted by atomic mass is 10.2. The Morgan fingerprint density at radius 2 is 1.84 bits per heavy atom. The van der Waals surface area contributed by atoms with Crippen LogP contribution >= 0.6 is 23.2 Å². The Balaban J connectivity index is 2.01. The molecule has 0 bridgehead atoms. The number of unbranched alkanes of at least 4 members (excludes halogenated alkanes) is 3. The number of quaternary nitrogens is 1. The smallest absolute Gasteiger partial charge is 0.137 e. The first-order valence-electron chi connectivity index (χ1n) is 6.74. The van der Waals surface area contributed by atoms with Crippen molar-refractivity contribution < 1.29 is 15.2 Å². The molecule has 0 fully saturated rings. The van der Waals surface area contributed by atoms with Gasteiger partial charge in [0.15, 0.2) is 0 Å². The summed E-state index contributed by atoms with van der Waals surface area (Å²) < 4.78 is 5.61. The Hall–Kier alpha value is -0.480. The number of aliphatic hydroxyl groups excluding tert-OH is 1. The van der Waals surface area contributed by atoms with Gasteiger partial charge in [0, 0.05) is 5.02 Å². The summed E-state index contributed by atoms with van der Waals surface area (Å²) >= 11 is 11.8. The average Bonchev–Trinajstić information content (AvgIpc) is 2.39. The lowest BCUT2D eigenvalue weighted by Gasteiger charge is -2.08. The van der Waals surface area contributed by atoms with E-state index in [4.69, 9.17) is 33.0 Å². The predicted octanol–water partition coefficient (Wildman–Crippen LogP) is 2.49. The van der Waals surface area contributed by atoms with E-state index in [1.54, 1.807) is 18.2 Å². The highest BCUT2D eigenvalue weighted by Crippen LogP contribution is 2.27. The van der Waals surface area contributed by atoms with Gasteiger partial charge in [0.25, 0.3) is 0 Å². The molecule has 3 N–H and O–H groups in total. The van der Waals surface area contributed by atoms with Crippen molar-refractivity contribution in [3.63, 3.8) is 0 Å². The zero-order valence-electron chi connectivity index (χ0n) is 11.1. The Bertz CT molecular complexity index is 361. The third-order valence-corrected chi connectivity index (χ3v) is 3.32. The molecule has 0 aliphatic heterocycles. The monoisotopic (exact) mass is 306 g/mol. The van der Waals surface area contributed by atoms with Gasteiger partial charge in [-0.25, -0.2) is 0 Å². The van der Waals surface area contributed by atoms with E-state index >= 15 is 0 Å². The van der Waals surface area contributed by atoms with Gasteiger partial charge in [0.2, 0.25) is 0 Å². The first-order chi connectivity index (χ1) is 9.24. The Morgan fingerprint density at radius 3 is 2.58 bits per heavy atom. The molecule has 0 aliphatic carbocycles. The maximum Gasteiger partial charge on any atom is 0.137 e. The Morgan fingerprint density at radius 1 is 1.05 bits per heavy atom. The van der Waals surface area contributed by atoms with Crippen molar-refractivity contribution in [3.05, 3.63) is 28.2 Å². The second-order valence-corrected chi connectivity index (χ2v) is 5.27. The zero-order valence-corrected chi connectivity index (χ0v) is 12.6. The molecule has 19 heavy (non-hydrogen) atoms. The molecular weight excluding hydrogens is 285 g/mol. The summed E-state index contributed by atoms with van der Waals surface area (Å²) in [6.45, 7) is 2.83. The van der Waals surface area contributed by atoms with Crippen LogP contribution in [0, 0.1) is 0 Å². The highest BCUT2D eigenvalue weighted by molar-refractivity contribution is 6.35. The van der Waals surface area contributed by atoms with Crippen molar-refractivity contribution in [2.75, 3.05) is 26.3 Å². The van der Waals surface area contributed by atoms with E-state index in [1.807, 2.05) is 0 Å². The van der Waals surface area contributed by atoms with Gasteiger partial charge in [0.05, 0.1) is 31.3 Å². The van der Waals surface area contributed by atoms with Gasteiger partial charge < -0.3 is 15.2 Å². The van der Waals surface area contributed by atoms with E-state index < -0.39 is 0 Å². The molecule has 0 saturated heterocycles. The fourth-order valence-electron chi connectivity index (χ4n) is 1.75. The highest BCUT2D eigenvalue weighted by atomic mass is 35.5. The van der Waals surface area contributed by atoms with Crippen LogP contribution in [0.25, 0.3) is 0 Å². The van der Waals surface area contributed by atoms with Crippen LogP contribution in [0.5, 0.6) is 5.75 Å². The molecule has 0 aliphatic rings. The van der Waals surface area contributed by atoms with Crippen LogP contribution in [0.15, 0.2) is 18.2 Å². The van der Waals surface area contributed by atoms with Crippen LogP contribution in [-0.4, -0.2) is 31.4 Å². The molecule has 108 valence electrons. The van der Waals surface area contributed by atoms with E-state index in [0.717, 1.165) is 25.9 Å². The molecule has 1 rings (SSSR count). The summed E-state index contributed by atoms with van der Waals surface area (Å²) in [4.78, 5) is 0. The number of hydrogen-bond acceptors (Lipinski definition) is 2. The van der Waals surface area contributed by atoms with Crippen LogP contribution in [0.3, 0.4) is 0 Å². The number of benzene rings is 1. The fraction of sp³-hybridized carbons (Fsp3) is 0.571. The second-order valence-electron chi connectivity index (χ2n) is 4.43. The van der Waals surface area contributed by atoms with E-state index in [0.29, 0.717) is 22.4 Å². The molecule has 1 aromatic rings. The van der Waals surface area contributed by atoms with E-state index in [1.165, 1.54) is 12.8 Å². The molecule has 0 spiro atoms. The molecule has 1 aromatic carbocycles. The van der Waals surface area contributed by atoms with Crippen molar-refractivity contribution in [2.45, 2.75) is 25.7 Å². The minimum atomic E-state index is 0.260. The maximum absolute atomic E-state index is 8.62. The summed E-state index contributed by atoms with van der Waals surface area (Å²) in [7, 11) is 0. The normalized spacial score (nSPS) is 10.7. The second kappa shape index (κ2) is 10.3. The average molecular weight is 307 g/mol. The summed E-state index contributed by atoms with van der Waals surface area (Å²) in [6, 6.07) is 5.27. The van der Waals surface area contributed by atoms with Gasteiger partial charge in [-0.15, -0.1) is 0 Å². The number of hydrogen-bond donors (Lipinski definition) is 2. The first-order valence-corrected chi connectivity index (χ1v) is 7.50. The van der Waals surface area contributed by atoms with Crippen molar-refractivity contribution in [3.8, 4) is 5.75 Å². The molecule has 0 atom stereocenters. The number of halogens is 2. The maximum atomic E-state index is 8.62. The SMILES string of the molecule is OCC[NH2+]CCCCCCOc1ccc(Cl)cc1Cl. The minimum Gasteiger partial charge on any atom is -0.492 e. The van der Waals surface area contributed by atoms with Crippen molar-refractivity contribution in [1.29, 1.82) is 0 Å². The number of ether oxygens (including phenoxy) is 1. The van der Waals surface area contributed by atoms with Crippen LogP contribution in [0.2, 0.25) is 10.0 Å². The first kappa shape index (κ1) is 16.6. The van der Waals surface area contributed by atoms with Gasteiger partial charge in [-0.2, -0.15) is 0 Å². The third-order valence-electron chi connectivity index (χ3n) is 2.79. The number of rotatable bonds is 10. The topological polar surface area (TPSA) is 46.1 Å². The minimum absolute atomic E-state index is 0.260. The van der Waals surface area contributed by atoms with E-state index in [-0.39, 0.29) is 6.61 Å². The Labute approximate surface area is 124 Å². The molecule has 0 saturated carbocycles. The quantitative estimate of drug-likeness (QED) is 0.652. The van der Waals surface area contributed by atoms with Crippen molar-refractivity contribution in [1.82, 2.24) is 0 Å². The zero-order chi connectivity index (χ0) is 13.9. The molecule has 0 radical (unpaired) electrons. The summed E-state index contributed by atoms with van der Waals surface area (Å²) in [5.74, 6) is 0.697. The molecule has 3 nitrogen and oxygen atoms in total. The predicted molar refractivity (Wildman–Crippen MR) is 79.2 cm³/mol. The largest absolute Gasteiger partial charge is 0.492 e. The van der Waals surface area contributed by atoms with Gasteiger partial charge in [-0.05, 0) is 43.9 Å². The number of aliphatic hydroxyl groups is 1. The standard InChI is InChI=1S/C14H21Cl2NO2/c15-12-5-6-14(13(16)11-12)19-10-4-2-1-3-7-17-8-9-18/h5-6,11,17-18H,1-4,7-10H2/p+1. The lowest BCUT2D eigenvalue weighted by molar-refractivity contribution is -0.656. The highest BCUT2D eigenvalue weighted by Gasteiger charge is 2.01. The molecule has 5 heteroatoms. The third kappa shape index (κ3) is 7.63. The summed E-state index contributed by atoms with van der Waals surface area (Å²) in [5.41, 5.74) is 0. The molecular formula is C14H22Cl2NO2+. The molecule has 0 amide bonds. The van der Waals surface area contributed by atoms with E-state index in [9.17, 15) is 0 Å². The van der Waals surface area contributed by atoms with Crippen LogP contribution in [-0.2, 0) is 0 Å². The molecule has 0 unspecified atom stereocenters. The van der Waals surface area contributed by atoms with Gasteiger partial charge in [-0.3, -0.25) is 0 Å². The van der Waals surface area contributed by atoms with Gasteiger partial charge in [-0.1, -0.05) is 23.2 Å². The Kier molecular flexibility index (Phi) is 9.01. The van der Waals surface area contributed by atoms with Gasteiger partial charge >= 0.3 is 0 Å². The van der Waals surface area contributed by atoms with Gasteiger partial charge in [0.1, 0.15) is 5.75 Å². The van der Waals surface area contributed by atoms with Crippen LogP contribution in [0.4, 0.5) is 0 Å². The molecule has 0 heterocycles. The molecule has 0 aromatic heterocycles. The van der Waals surface area contributed by atoms with Crippen LogP contribution < -0.4 is 10.1 Å². The summed E-state index contributed by atoms with van der Waals surface area (Å²) in [5, 5.41) is 11.9. The fourth-order valence-corrected chi connectivity index (χ4v) is 2.22. The lowest BCUT2D eigenvalue weighted by Crippen LogP contribution is -2.85. The number of nitrogens with two attached hydrogens (primary N) is 1. The summed E-state index contributed by atoms with van der Waals surface area (Å²) in [6.07, 6.45) is 4.55.